The summed E-state index contributed by atoms with van der Waals surface area (Å²) in [5.41, 5.74) is 5.92. The zero-order chi connectivity index (χ0) is 20.4. The van der Waals surface area contributed by atoms with E-state index in [1.165, 1.54) is 5.57 Å². The second kappa shape index (κ2) is 7.54. The molecule has 3 heterocycles. The Hall–Kier alpha value is -3.41. The van der Waals surface area contributed by atoms with Gasteiger partial charge in [-0.25, -0.2) is 9.78 Å². The number of amides is 2. The van der Waals surface area contributed by atoms with Crippen LogP contribution in [0, 0.1) is 5.41 Å². The lowest BCUT2D eigenvalue weighted by molar-refractivity contribution is 0.262. The molecule has 0 aliphatic carbocycles. The maximum absolute atomic E-state index is 12.3. The van der Waals surface area contributed by atoms with Crippen LogP contribution in [0.25, 0.3) is 11.2 Å². The summed E-state index contributed by atoms with van der Waals surface area (Å²) in [4.78, 5) is 21.2. The highest BCUT2D eigenvalue weighted by atomic mass is 16.2. The largest absolute Gasteiger partial charge is 0.323 e. The van der Waals surface area contributed by atoms with Crippen LogP contribution in [0.3, 0.4) is 0 Å². The van der Waals surface area contributed by atoms with E-state index >= 15 is 0 Å². The molecule has 6 nitrogen and oxygen atoms in total. The average molecular weight is 387 g/mol. The van der Waals surface area contributed by atoms with E-state index in [-0.39, 0.29) is 11.4 Å². The van der Waals surface area contributed by atoms with Gasteiger partial charge in [0.1, 0.15) is 5.65 Å². The number of allylic oxidation sites excluding steroid dienone is 1. The number of imidazole rings is 1. The van der Waals surface area contributed by atoms with Crippen LogP contribution in [0.4, 0.5) is 16.2 Å². The number of rotatable bonds is 3. The maximum Gasteiger partial charge on any atom is 0.323 e. The highest BCUT2D eigenvalue weighted by molar-refractivity contribution is 6.05. The van der Waals surface area contributed by atoms with Gasteiger partial charge in [-0.15, -0.1) is 0 Å². The molecule has 29 heavy (non-hydrogen) atoms. The number of nitrogens with zero attached hydrogens (tertiary/aromatic N) is 3. The van der Waals surface area contributed by atoms with E-state index in [4.69, 9.17) is 0 Å². The van der Waals surface area contributed by atoms with Crippen LogP contribution < -0.4 is 10.6 Å². The van der Waals surface area contributed by atoms with Gasteiger partial charge in [-0.3, -0.25) is 4.99 Å². The summed E-state index contributed by atoms with van der Waals surface area (Å²) in [5, 5.41) is 5.72. The van der Waals surface area contributed by atoms with E-state index in [1.54, 1.807) is 6.20 Å². The molecule has 0 atom stereocenters. The number of benzene rings is 1. The molecule has 1 aliphatic rings. The second-order valence-electron chi connectivity index (χ2n) is 8.20. The van der Waals surface area contributed by atoms with Gasteiger partial charge in [-0.1, -0.05) is 32.9 Å². The van der Waals surface area contributed by atoms with Gasteiger partial charge < -0.3 is 15.0 Å². The average Bonchev–Trinajstić information content (AvgIpc) is 3.16. The lowest BCUT2D eigenvalue weighted by Gasteiger charge is -2.23. The Morgan fingerprint density at radius 2 is 1.76 bits per heavy atom. The number of fused-ring (bicyclic) bond motifs is 1. The van der Waals surface area contributed by atoms with Crippen LogP contribution >= 0.6 is 0 Å². The quantitative estimate of drug-likeness (QED) is 0.644. The number of hydrogen-bond donors (Lipinski definition) is 2. The van der Waals surface area contributed by atoms with Crippen LogP contribution in [0.2, 0.25) is 0 Å². The summed E-state index contributed by atoms with van der Waals surface area (Å²) in [6, 6.07) is 11.4. The minimum Gasteiger partial charge on any atom is -0.308 e. The fourth-order valence-electron chi connectivity index (χ4n) is 3.32. The topological polar surface area (TPSA) is 70.8 Å². The van der Waals surface area contributed by atoms with E-state index in [0.29, 0.717) is 5.69 Å². The summed E-state index contributed by atoms with van der Waals surface area (Å²) in [5.74, 6) is 0. The van der Waals surface area contributed by atoms with Crippen molar-refractivity contribution >= 4 is 34.3 Å². The highest BCUT2D eigenvalue weighted by Crippen LogP contribution is 2.28. The zero-order valence-corrected chi connectivity index (χ0v) is 16.9. The molecule has 4 rings (SSSR count). The fraction of sp³-hybridized carbons (Fsp3) is 0.261. The molecule has 0 spiro atoms. The molecule has 2 N–H and O–H groups in total. The standard InChI is InChI=1S/C23H25N5O/c1-23(2,3)20-14-17(10-11-24-20)16-4-6-18(7-5-16)26-22(29)27-19-8-9-21-25-12-13-28(21)15-19/h4-9,12-15H,10-11H2,1-3H3,(H2,26,27,29). The van der Waals surface area contributed by atoms with Crippen LogP contribution in [0.1, 0.15) is 32.8 Å². The molecular weight excluding hydrogens is 362 g/mol. The molecule has 2 amide bonds. The Morgan fingerprint density at radius 1 is 1.03 bits per heavy atom. The van der Waals surface area contributed by atoms with Crippen molar-refractivity contribution in [2.75, 3.05) is 17.2 Å². The third kappa shape index (κ3) is 4.37. The maximum atomic E-state index is 12.3. The van der Waals surface area contributed by atoms with Crippen LogP contribution in [-0.2, 0) is 0 Å². The van der Waals surface area contributed by atoms with Crippen molar-refractivity contribution in [2.45, 2.75) is 27.2 Å². The smallest absolute Gasteiger partial charge is 0.308 e. The van der Waals surface area contributed by atoms with Crippen molar-refractivity contribution in [3.8, 4) is 0 Å². The molecule has 2 aromatic heterocycles. The van der Waals surface area contributed by atoms with Gasteiger partial charge in [-0.05, 0) is 47.9 Å². The number of aromatic nitrogens is 2. The summed E-state index contributed by atoms with van der Waals surface area (Å²) in [7, 11) is 0. The van der Waals surface area contributed by atoms with E-state index < -0.39 is 0 Å². The van der Waals surface area contributed by atoms with Gasteiger partial charge in [0.2, 0.25) is 0 Å². The molecule has 148 valence electrons. The molecule has 0 saturated carbocycles. The first-order valence-corrected chi connectivity index (χ1v) is 9.75. The molecule has 0 unspecified atom stereocenters. The van der Waals surface area contributed by atoms with E-state index in [1.807, 2.05) is 53.2 Å². The third-order valence-electron chi connectivity index (χ3n) is 4.90. The Morgan fingerprint density at radius 3 is 2.52 bits per heavy atom. The number of carbonyl (C=O) groups is 1. The van der Waals surface area contributed by atoms with E-state index in [2.05, 4.69) is 47.5 Å². The third-order valence-corrected chi connectivity index (χ3v) is 4.90. The van der Waals surface area contributed by atoms with Crippen molar-refractivity contribution in [3.05, 3.63) is 66.6 Å². The molecule has 0 fully saturated rings. The number of nitrogens with one attached hydrogen (secondary N) is 2. The minimum atomic E-state index is -0.281. The molecule has 1 aromatic carbocycles. The summed E-state index contributed by atoms with van der Waals surface area (Å²) < 4.78 is 1.86. The predicted molar refractivity (Wildman–Crippen MR) is 119 cm³/mol. The lowest BCUT2D eigenvalue weighted by Crippen LogP contribution is -2.21. The van der Waals surface area contributed by atoms with Gasteiger partial charge in [0, 0.05) is 41.9 Å². The Balaban J connectivity index is 1.42. The van der Waals surface area contributed by atoms with Crippen molar-refractivity contribution in [3.63, 3.8) is 0 Å². The number of urea groups is 1. The van der Waals surface area contributed by atoms with Crippen LogP contribution in [0.5, 0.6) is 0 Å². The highest BCUT2D eigenvalue weighted by Gasteiger charge is 2.20. The Labute approximate surface area is 170 Å². The second-order valence-corrected chi connectivity index (χ2v) is 8.20. The van der Waals surface area contributed by atoms with Crippen molar-refractivity contribution in [1.82, 2.24) is 9.38 Å². The predicted octanol–water partition coefficient (Wildman–Crippen LogP) is 5.25. The monoisotopic (exact) mass is 387 g/mol. The molecule has 3 aromatic rings. The van der Waals surface area contributed by atoms with Crippen molar-refractivity contribution in [1.29, 1.82) is 0 Å². The number of dihydropyridines is 1. The van der Waals surface area contributed by atoms with Gasteiger partial charge >= 0.3 is 6.03 Å². The molecule has 6 heteroatoms. The molecule has 0 saturated heterocycles. The first-order valence-electron chi connectivity index (χ1n) is 9.75. The minimum absolute atomic E-state index is 0.0466. The molecule has 1 aliphatic heterocycles. The normalized spacial score (nSPS) is 14.3. The van der Waals surface area contributed by atoms with Gasteiger partial charge in [-0.2, -0.15) is 0 Å². The summed E-state index contributed by atoms with van der Waals surface area (Å²) in [6.45, 7) is 7.37. The first-order chi connectivity index (χ1) is 13.9. The van der Waals surface area contributed by atoms with E-state index in [9.17, 15) is 4.79 Å². The first kappa shape index (κ1) is 18.9. The van der Waals surface area contributed by atoms with Gasteiger partial charge in [0.25, 0.3) is 0 Å². The fourth-order valence-corrected chi connectivity index (χ4v) is 3.32. The van der Waals surface area contributed by atoms with Crippen molar-refractivity contribution < 1.29 is 4.79 Å². The lowest BCUT2D eigenvalue weighted by atomic mass is 9.86. The number of anilines is 2. The van der Waals surface area contributed by atoms with Gasteiger partial charge in [0.15, 0.2) is 0 Å². The SMILES string of the molecule is CC(C)(C)C1=NCCC(c2ccc(NC(=O)Nc3ccc4nccn4c3)cc2)=C1. The molecule has 0 radical (unpaired) electrons. The molecular formula is C23H25N5O. The van der Waals surface area contributed by atoms with Crippen LogP contribution in [0.15, 0.2) is 66.1 Å². The Bertz CT molecular complexity index is 1100. The summed E-state index contributed by atoms with van der Waals surface area (Å²) in [6.07, 6.45) is 8.52. The number of carbonyl (C=O) groups excluding carboxylic acids is 1. The zero-order valence-electron chi connectivity index (χ0n) is 16.9. The number of pyridine rings is 1. The van der Waals surface area contributed by atoms with Gasteiger partial charge in [0.05, 0.1) is 5.69 Å². The van der Waals surface area contributed by atoms with Crippen LogP contribution in [-0.4, -0.2) is 27.7 Å². The number of aliphatic imine (C=N–C) groups is 1. The Kier molecular flexibility index (Phi) is 4.92. The number of hydrogen-bond acceptors (Lipinski definition) is 3. The van der Waals surface area contributed by atoms with Crippen molar-refractivity contribution in [2.24, 2.45) is 10.4 Å². The van der Waals surface area contributed by atoms with E-state index in [0.717, 1.165) is 35.6 Å². The summed E-state index contributed by atoms with van der Waals surface area (Å²) >= 11 is 0. The molecule has 0 bridgehead atoms.